The largest absolute Gasteiger partial charge is 0.380 e. The molecule has 0 aliphatic carbocycles. The van der Waals surface area contributed by atoms with Crippen LogP contribution >= 0.6 is 23.4 Å². The van der Waals surface area contributed by atoms with Crippen LogP contribution in [0.5, 0.6) is 0 Å². The lowest BCUT2D eigenvalue weighted by Crippen LogP contribution is -2.16. The van der Waals surface area contributed by atoms with Gasteiger partial charge in [-0.15, -0.1) is 11.8 Å². The van der Waals surface area contributed by atoms with E-state index in [-0.39, 0.29) is 12.1 Å². The number of halogens is 1. The van der Waals surface area contributed by atoms with E-state index in [0.717, 1.165) is 22.9 Å². The normalized spacial score (nSPS) is 21.8. The molecule has 1 saturated heterocycles. The molecular weight excluding hydrogens is 310 g/mol. The molecular formula is C14H16ClN3O2S. The molecule has 1 N–H and O–H groups in total. The van der Waals surface area contributed by atoms with Gasteiger partial charge >= 0.3 is 0 Å². The molecule has 0 radical (unpaired) electrons. The summed E-state index contributed by atoms with van der Waals surface area (Å²) in [6, 6.07) is 7.82. The maximum Gasteiger partial charge on any atom is 0.243 e. The van der Waals surface area contributed by atoms with Crippen molar-refractivity contribution in [2.45, 2.75) is 29.2 Å². The first-order valence-electron chi connectivity index (χ1n) is 6.72. The molecule has 2 aromatic rings. The quantitative estimate of drug-likeness (QED) is 0.853. The first kappa shape index (κ1) is 14.8. The summed E-state index contributed by atoms with van der Waals surface area (Å²) in [5.74, 6) is 1.94. The van der Waals surface area contributed by atoms with Crippen molar-refractivity contribution in [3.8, 4) is 0 Å². The number of aromatic nitrogens is 2. The van der Waals surface area contributed by atoms with Crippen LogP contribution in [0.3, 0.4) is 0 Å². The molecule has 1 aliphatic rings. The van der Waals surface area contributed by atoms with Crippen LogP contribution in [0.1, 0.15) is 24.2 Å². The predicted octanol–water partition coefficient (Wildman–Crippen LogP) is 3.06. The Balaban J connectivity index is 1.60. The molecule has 0 saturated carbocycles. The second-order valence-corrected chi connectivity index (χ2v) is 6.25. The molecule has 5 nitrogen and oxygen atoms in total. The van der Waals surface area contributed by atoms with Gasteiger partial charge in [-0.2, -0.15) is 4.98 Å². The van der Waals surface area contributed by atoms with Crippen LogP contribution in [0.25, 0.3) is 0 Å². The van der Waals surface area contributed by atoms with Crippen molar-refractivity contribution in [1.82, 2.24) is 15.5 Å². The molecule has 1 aromatic carbocycles. The number of benzene rings is 1. The van der Waals surface area contributed by atoms with Crippen molar-refractivity contribution < 1.29 is 9.26 Å². The summed E-state index contributed by atoms with van der Waals surface area (Å²) in [7, 11) is 1.72. The minimum atomic E-state index is 0.0847. The average molecular weight is 326 g/mol. The van der Waals surface area contributed by atoms with E-state index in [0.29, 0.717) is 17.5 Å². The maximum absolute atomic E-state index is 6.12. The van der Waals surface area contributed by atoms with Gasteiger partial charge in [0, 0.05) is 18.6 Å². The number of ether oxygens (including phenoxy) is 1. The molecule has 2 atom stereocenters. The Hall–Kier alpha value is -1.08. The summed E-state index contributed by atoms with van der Waals surface area (Å²) >= 11 is 7.72. The van der Waals surface area contributed by atoms with Gasteiger partial charge < -0.3 is 14.6 Å². The summed E-state index contributed by atoms with van der Waals surface area (Å²) in [5.41, 5.74) is 0. The summed E-state index contributed by atoms with van der Waals surface area (Å²) in [5, 5.41) is 8.09. The van der Waals surface area contributed by atoms with Crippen LogP contribution in [0.15, 0.2) is 33.7 Å². The van der Waals surface area contributed by atoms with Gasteiger partial charge in [0.25, 0.3) is 0 Å². The van der Waals surface area contributed by atoms with Gasteiger partial charge in [0.2, 0.25) is 5.89 Å². The molecule has 2 unspecified atom stereocenters. The Labute approximate surface area is 132 Å². The minimum absolute atomic E-state index is 0.0847. The lowest BCUT2D eigenvalue weighted by atomic mass is 10.2. The van der Waals surface area contributed by atoms with E-state index in [4.69, 9.17) is 20.9 Å². The van der Waals surface area contributed by atoms with Crippen LogP contribution in [0.4, 0.5) is 0 Å². The Morgan fingerprint density at radius 3 is 3.10 bits per heavy atom. The Kier molecular flexibility index (Phi) is 4.80. The standard InChI is InChI=1S/C14H16ClN3O2S/c1-19-9-6-11(16-7-9)14-17-13(18-20-14)8-21-12-5-3-2-4-10(12)15/h2-5,9,11,16H,6-8H2,1H3. The highest BCUT2D eigenvalue weighted by atomic mass is 35.5. The maximum atomic E-state index is 6.12. The molecule has 2 heterocycles. The van der Waals surface area contributed by atoms with Gasteiger partial charge in [-0.05, 0) is 18.6 Å². The van der Waals surface area contributed by atoms with E-state index in [2.05, 4.69) is 15.5 Å². The van der Waals surface area contributed by atoms with Gasteiger partial charge in [-0.3, -0.25) is 0 Å². The molecule has 3 rings (SSSR count). The third kappa shape index (κ3) is 3.58. The molecule has 1 aromatic heterocycles. The predicted molar refractivity (Wildman–Crippen MR) is 81.5 cm³/mol. The fraction of sp³-hybridized carbons (Fsp3) is 0.429. The molecule has 1 fully saturated rings. The molecule has 7 heteroatoms. The minimum Gasteiger partial charge on any atom is -0.380 e. The van der Waals surface area contributed by atoms with E-state index in [1.54, 1.807) is 18.9 Å². The number of nitrogens with one attached hydrogen (secondary N) is 1. The van der Waals surface area contributed by atoms with Crippen molar-refractivity contribution in [2.75, 3.05) is 13.7 Å². The SMILES string of the molecule is COC1CNC(c2nc(CSc3ccccc3Cl)no2)C1. The summed E-state index contributed by atoms with van der Waals surface area (Å²) < 4.78 is 10.7. The lowest BCUT2D eigenvalue weighted by molar-refractivity contribution is 0.116. The number of hydrogen-bond donors (Lipinski definition) is 1. The van der Waals surface area contributed by atoms with E-state index in [1.807, 2.05) is 24.3 Å². The molecule has 0 amide bonds. The highest BCUT2D eigenvalue weighted by molar-refractivity contribution is 7.98. The van der Waals surface area contributed by atoms with Crippen molar-refractivity contribution in [3.63, 3.8) is 0 Å². The topological polar surface area (TPSA) is 60.2 Å². The average Bonchev–Trinajstić information content (AvgIpc) is 3.15. The molecule has 0 spiro atoms. The second kappa shape index (κ2) is 6.79. The number of thioether (sulfide) groups is 1. The van der Waals surface area contributed by atoms with Crippen LogP contribution in [0, 0.1) is 0 Å². The van der Waals surface area contributed by atoms with Gasteiger partial charge in [0.1, 0.15) is 0 Å². The third-order valence-electron chi connectivity index (χ3n) is 3.40. The van der Waals surface area contributed by atoms with Gasteiger partial charge in [-0.1, -0.05) is 28.9 Å². The fourth-order valence-electron chi connectivity index (χ4n) is 2.24. The van der Waals surface area contributed by atoms with Crippen LogP contribution in [0.2, 0.25) is 5.02 Å². The van der Waals surface area contributed by atoms with Gasteiger partial charge in [-0.25, -0.2) is 0 Å². The molecule has 0 bridgehead atoms. The van der Waals surface area contributed by atoms with E-state index >= 15 is 0 Å². The Morgan fingerprint density at radius 1 is 1.48 bits per heavy atom. The number of hydrogen-bond acceptors (Lipinski definition) is 6. The van der Waals surface area contributed by atoms with Gasteiger partial charge in [0.05, 0.1) is 22.9 Å². The van der Waals surface area contributed by atoms with Gasteiger partial charge in [0.15, 0.2) is 5.82 Å². The number of rotatable bonds is 5. The first-order valence-corrected chi connectivity index (χ1v) is 8.08. The third-order valence-corrected chi connectivity index (χ3v) is 4.91. The zero-order valence-electron chi connectivity index (χ0n) is 11.6. The van der Waals surface area contributed by atoms with Crippen molar-refractivity contribution >= 4 is 23.4 Å². The van der Waals surface area contributed by atoms with Crippen molar-refractivity contribution in [2.24, 2.45) is 0 Å². The summed E-state index contributed by atoms with van der Waals surface area (Å²) in [6.07, 6.45) is 1.07. The highest BCUT2D eigenvalue weighted by Crippen LogP contribution is 2.29. The van der Waals surface area contributed by atoms with Crippen LogP contribution in [-0.2, 0) is 10.5 Å². The zero-order valence-corrected chi connectivity index (χ0v) is 13.2. The zero-order chi connectivity index (χ0) is 14.7. The van der Waals surface area contributed by atoms with E-state index < -0.39 is 0 Å². The van der Waals surface area contributed by atoms with Crippen LogP contribution in [-0.4, -0.2) is 29.9 Å². The smallest absolute Gasteiger partial charge is 0.243 e. The molecule has 21 heavy (non-hydrogen) atoms. The van der Waals surface area contributed by atoms with Crippen molar-refractivity contribution in [1.29, 1.82) is 0 Å². The number of nitrogens with zero attached hydrogens (tertiary/aromatic N) is 2. The summed E-state index contributed by atoms with van der Waals surface area (Å²) in [6.45, 7) is 0.813. The molecule has 1 aliphatic heterocycles. The number of methoxy groups -OCH3 is 1. The first-order chi connectivity index (χ1) is 10.3. The summed E-state index contributed by atoms with van der Waals surface area (Å²) in [4.78, 5) is 5.46. The van der Waals surface area contributed by atoms with E-state index in [9.17, 15) is 0 Å². The second-order valence-electron chi connectivity index (χ2n) is 4.82. The lowest BCUT2D eigenvalue weighted by Gasteiger charge is -2.04. The monoisotopic (exact) mass is 325 g/mol. The Bertz CT molecular complexity index is 607. The fourth-order valence-corrected chi connectivity index (χ4v) is 3.32. The Morgan fingerprint density at radius 2 is 2.33 bits per heavy atom. The molecule has 112 valence electrons. The highest BCUT2D eigenvalue weighted by Gasteiger charge is 2.29. The van der Waals surface area contributed by atoms with Crippen LogP contribution < -0.4 is 5.32 Å². The van der Waals surface area contributed by atoms with E-state index in [1.165, 1.54) is 0 Å². The van der Waals surface area contributed by atoms with Crippen molar-refractivity contribution in [3.05, 3.63) is 41.0 Å².